The lowest BCUT2D eigenvalue weighted by atomic mass is 9.98. The smallest absolute Gasteiger partial charge is 0.317 e. The van der Waals surface area contributed by atoms with Crippen molar-refractivity contribution in [3.05, 3.63) is 0 Å². The van der Waals surface area contributed by atoms with Gasteiger partial charge in [-0.2, -0.15) is 0 Å². The summed E-state index contributed by atoms with van der Waals surface area (Å²) in [6, 6.07) is 0. The minimum atomic E-state index is -1.01. The Morgan fingerprint density at radius 2 is 1.70 bits per heavy atom. The van der Waals surface area contributed by atoms with Crippen LogP contribution in [0.4, 0.5) is 0 Å². The Morgan fingerprint density at radius 1 is 1.09 bits per heavy atom. The summed E-state index contributed by atoms with van der Waals surface area (Å²) < 4.78 is 15.4. The van der Waals surface area contributed by atoms with Crippen LogP contribution in [0.2, 0.25) is 0 Å². The molecule has 0 aliphatic rings. The van der Waals surface area contributed by atoms with E-state index >= 15 is 0 Å². The number of rotatable bonds is 10. The van der Waals surface area contributed by atoms with Gasteiger partial charge in [0, 0.05) is 13.0 Å². The first-order valence-electron chi connectivity index (χ1n) is 8.05. The van der Waals surface area contributed by atoms with Crippen LogP contribution in [0, 0.1) is 11.8 Å². The van der Waals surface area contributed by atoms with E-state index in [-0.39, 0.29) is 31.8 Å². The van der Waals surface area contributed by atoms with Gasteiger partial charge in [0.25, 0.3) is 0 Å². The quantitative estimate of drug-likeness (QED) is 0.452. The first kappa shape index (κ1) is 21.6. The van der Waals surface area contributed by atoms with Gasteiger partial charge in [0.1, 0.15) is 18.1 Å². The van der Waals surface area contributed by atoms with Crippen LogP contribution in [0.25, 0.3) is 0 Å². The molecule has 0 radical (unpaired) electrons. The number of hydrogen-bond donors (Lipinski definition) is 0. The third-order valence-electron chi connectivity index (χ3n) is 2.72. The summed E-state index contributed by atoms with van der Waals surface area (Å²) in [5, 5.41) is 0. The van der Waals surface area contributed by atoms with E-state index in [2.05, 4.69) is 0 Å². The van der Waals surface area contributed by atoms with Crippen LogP contribution in [0.1, 0.15) is 54.4 Å². The molecule has 0 fully saturated rings. The fraction of sp³-hybridized carbons (Fsp3) is 0.824. The molecule has 0 rings (SSSR count). The number of carbonyl (C=O) groups excluding carboxylic acids is 3. The monoisotopic (exact) mass is 330 g/mol. The minimum Gasteiger partial charge on any atom is -0.466 e. The van der Waals surface area contributed by atoms with Crippen molar-refractivity contribution in [2.45, 2.75) is 60.0 Å². The van der Waals surface area contributed by atoms with E-state index < -0.39 is 23.5 Å². The number of ketones is 1. The maximum Gasteiger partial charge on any atom is 0.317 e. The van der Waals surface area contributed by atoms with Crippen LogP contribution < -0.4 is 0 Å². The number of carbonyl (C=O) groups is 3. The van der Waals surface area contributed by atoms with Crippen molar-refractivity contribution in [2.24, 2.45) is 11.8 Å². The molecule has 0 aromatic carbocycles. The maximum atomic E-state index is 12.2. The van der Waals surface area contributed by atoms with E-state index in [4.69, 9.17) is 14.2 Å². The molecule has 0 aromatic rings. The Balaban J connectivity index is 4.74. The van der Waals surface area contributed by atoms with Crippen LogP contribution in [0.3, 0.4) is 0 Å². The molecule has 0 aliphatic carbocycles. The summed E-state index contributed by atoms with van der Waals surface area (Å²) in [5.41, 5.74) is -0.696. The molecule has 6 nitrogen and oxygen atoms in total. The molecule has 0 saturated heterocycles. The van der Waals surface area contributed by atoms with Gasteiger partial charge in [-0.1, -0.05) is 13.8 Å². The third-order valence-corrected chi connectivity index (χ3v) is 2.72. The zero-order valence-corrected chi connectivity index (χ0v) is 15.1. The second-order valence-corrected chi connectivity index (χ2v) is 6.81. The predicted molar refractivity (Wildman–Crippen MR) is 85.9 cm³/mol. The fourth-order valence-electron chi connectivity index (χ4n) is 1.77. The lowest BCUT2D eigenvalue weighted by Gasteiger charge is -2.23. The summed E-state index contributed by atoms with van der Waals surface area (Å²) in [6.07, 6.45) is 0.0608. The normalized spacial score (nSPS) is 12.8. The highest BCUT2D eigenvalue weighted by molar-refractivity contribution is 6.00. The Bertz CT molecular complexity index is 394. The number of esters is 2. The number of ether oxygens (including phenoxy) is 3. The molecule has 0 aromatic heterocycles. The molecule has 6 heteroatoms. The summed E-state index contributed by atoms with van der Waals surface area (Å²) in [7, 11) is 0. The molecule has 0 spiro atoms. The highest BCUT2D eigenvalue weighted by Gasteiger charge is 2.31. The van der Waals surface area contributed by atoms with E-state index in [1.807, 2.05) is 13.8 Å². The van der Waals surface area contributed by atoms with Crippen molar-refractivity contribution in [2.75, 3.05) is 19.8 Å². The van der Waals surface area contributed by atoms with Crippen LogP contribution in [-0.4, -0.2) is 43.1 Å². The maximum absolute atomic E-state index is 12.2. The Labute approximate surface area is 138 Å². The van der Waals surface area contributed by atoms with Crippen molar-refractivity contribution in [3.8, 4) is 0 Å². The van der Waals surface area contributed by atoms with Gasteiger partial charge in [-0.15, -0.1) is 0 Å². The van der Waals surface area contributed by atoms with Crippen molar-refractivity contribution >= 4 is 17.7 Å². The standard InChI is InChI=1S/C17H30O6/c1-7-22-15(19)9-8-13(16(20)23-17(4,5)6)14(18)11-21-10-12(2)3/h12-13H,7-11H2,1-6H3. The van der Waals surface area contributed by atoms with Gasteiger partial charge in [-0.3, -0.25) is 14.4 Å². The predicted octanol–water partition coefficient (Wildman–Crippen LogP) is 2.53. The Kier molecular flexibility index (Phi) is 9.72. The van der Waals surface area contributed by atoms with Gasteiger partial charge >= 0.3 is 11.9 Å². The largest absolute Gasteiger partial charge is 0.466 e. The lowest BCUT2D eigenvalue weighted by Crippen LogP contribution is -2.35. The first-order valence-corrected chi connectivity index (χ1v) is 8.05. The molecule has 0 bridgehead atoms. The van der Waals surface area contributed by atoms with Crippen molar-refractivity contribution in [1.82, 2.24) is 0 Å². The van der Waals surface area contributed by atoms with E-state index in [1.54, 1.807) is 27.7 Å². The molecular weight excluding hydrogens is 300 g/mol. The molecular formula is C17H30O6. The number of hydrogen-bond acceptors (Lipinski definition) is 6. The Morgan fingerprint density at radius 3 is 2.17 bits per heavy atom. The van der Waals surface area contributed by atoms with Gasteiger partial charge in [0.15, 0.2) is 5.78 Å². The first-order chi connectivity index (χ1) is 10.6. The van der Waals surface area contributed by atoms with E-state index in [9.17, 15) is 14.4 Å². The molecule has 1 unspecified atom stereocenters. The SMILES string of the molecule is CCOC(=O)CCC(C(=O)COCC(C)C)C(=O)OC(C)(C)C. The van der Waals surface area contributed by atoms with Crippen LogP contribution in [0.5, 0.6) is 0 Å². The second kappa shape index (κ2) is 10.4. The van der Waals surface area contributed by atoms with Gasteiger partial charge in [0.05, 0.1) is 6.61 Å². The van der Waals surface area contributed by atoms with Crippen LogP contribution >= 0.6 is 0 Å². The van der Waals surface area contributed by atoms with Gasteiger partial charge in [0.2, 0.25) is 0 Å². The molecule has 23 heavy (non-hydrogen) atoms. The molecule has 0 saturated carbocycles. The zero-order valence-electron chi connectivity index (χ0n) is 15.1. The van der Waals surface area contributed by atoms with Gasteiger partial charge < -0.3 is 14.2 Å². The summed E-state index contributed by atoms with van der Waals surface area (Å²) >= 11 is 0. The molecule has 0 N–H and O–H groups in total. The van der Waals surface area contributed by atoms with Crippen molar-refractivity contribution in [1.29, 1.82) is 0 Å². The van der Waals surface area contributed by atoms with E-state index in [1.165, 1.54) is 0 Å². The second-order valence-electron chi connectivity index (χ2n) is 6.81. The fourth-order valence-corrected chi connectivity index (χ4v) is 1.77. The van der Waals surface area contributed by atoms with Gasteiger partial charge in [-0.05, 0) is 40.0 Å². The lowest BCUT2D eigenvalue weighted by molar-refractivity contribution is -0.163. The van der Waals surface area contributed by atoms with Crippen LogP contribution in [0.15, 0.2) is 0 Å². The van der Waals surface area contributed by atoms with Gasteiger partial charge in [-0.25, -0.2) is 0 Å². The minimum absolute atomic E-state index is 0.00628. The van der Waals surface area contributed by atoms with E-state index in [0.717, 1.165) is 0 Å². The highest BCUT2D eigenvalue weighted by Crippen LogP contribution is 2.17. The average Bonchev–Trinajstić information content (AvgIpc) is 2.36. The van der Waals surface area contributed by atoms with E-state index in [0.29, 0.717) is 12.5 Å². The number of Topliss-reactive ketones (excluding diaryl/α,β-unsaturated/α-hetero) is 1. The summed E-state index contributed by atoms with van der Waals surface area (Å²) in [4.78, 5) is 35.9. The molecule has 0 heterocycles. The summed E-state index contributed by atoms with van der Waals surface area (Å²) in [6.45, 7) is 11.4. The van der Waals surface area contributed by atoms with Crippen molar-refractivity contribution in [3.63, 3.8) is 0 Å². The topological polar surface area (TPSA) is 78.9 Å². The zero-order chi connectivity index (χ0) is 18.0. The van der Waals surface area contributed by atoms with Crippen LogP contribution in [-0.2, 0) is 28.6 Å². The highest BCUT2D eigenvalue weighted by atomic mass is 16.6. The molecule has 134 valence electrons. The third kappa shape index (κ3) is 10.8. The Hall–Kier alpha value is -1.43. The molecule has 1 atom stereocenters. The average molecular weight is 330 g/mol. The summed E-state index contributed by atoms with van der Waals surface area (Å²) in [5.74, 6) is -2.14. The van der Waals surface area contributed by atoms with Crippen molar-refractivity contribution < 1.29 is 28.6 Å². The molecule has 0 amide bonds. The molecule has 0 aliphatic heterocycles.